The predicted molar refractivity (Wildman–Crippen MR) is 98.5 cm³/mol. The van der Waals surface area contributed by atoms with Gasteiger partial charge in [0.1, 0.15) is 18.1 Å². The van der Waals surface area contributed by atoms with E-state index in [1.54, 1.807) is 31.4 Å². The van der Waals surface area contributed by atoms with E-state index in [-0.39, 0.29) is 5.91 Å². The normalized spacial score (nSPS) is 10.6. The zero-order valence-corrected chi connectivity index (χ0v) is 15.0. The van der Waals surface area contributed by atoms with E-state index in [4.69, 9.17) is 14.2 Å². The van der Waals surface area contributed by atoms with Crippen molar-refractivity contribution < 1.29 is 19.0 Å². The number of amides is 1. The Morgan fingerprint density at radius 2 is 1.52 bits per heavy atom. The highest BCUT2D eigenvalue weighted by atomic mass is 16.5. The molecule has 2 aromatic carbocycles. The average molecular weight is 343 g/mol. The summed E-state index contributed by atoms with van der Waals surface area (Å²) in [6.45, 7) is 5.87. The molecule has 0 saturated heterocycles. The average Bonchev–Trinajstić information content (AvgIpc) is 2.62. The number of methoxy groups -OCH3 is 1. The predicted octanol–water partition coefficient (Wildman–Crippen LogP) is 4.00. The molecule has 5 heteroatoms. The molecule has 2 rings (SSSR count). The Balaban J connectivity index is 1.88. The molecule has 0 heterocycles. The van der Waals surface area contributed by atoms with Crippen molar-refractivity contribution in [1.29, 1.82) is 0 Å². The van der Waals surface area contributed by atoms with Crippen LogP contribution in [0.25, 0.3) is 0 Å². The van der Waals surface area contributed by atoms with E-state index in [2.05, 4.69) is 19.2 Å². The minimum absolute atomic E-state index is 0.163. The molecule has 0 aliphatic carbocycles. The van der Waals surface area contributed by atoms with Crippen LogP contribution in [0.4, 0.5) is 5.69 Å². The number of benzene rings is 2. The Hall–Kier alpha value is -2.53. The van der Waals surface area contributed by atoms with Crippen molar-refractivity contribution in [3.8, 4) is 11.5 Å². The van der Waals surface area contributed by atoms with Gasteiger partial charge >= 0.3 is 0 Å². The van der Waals surface area contributed by atoms with E-state index in [0.29, 0.717) is 37.0 Å². The second kappa shape index (κ2) is 9.69. The number of nitrogens with one attached hydrogen (secondary N) is 1. The summed E-state index contributed by atoms with van der Waals surface area (Å²) in [5, 5.41) is 2.86. The lowest BCUT2D eigenvalue weighted by molar-refractivity contribution is 0.102. The number of anilines is 1. The smallest absolute Gasteiger partial charge is 0.255 e. The monoisotopic (exact) mass is 343 g/mol. The summed E-state index contributed by atoms with van der Waals surface area (Å²) in [5.41, 5.74) is 1.29. The van der Waals surface area contributed by atoms with Crippen molar-refractivity contribution in [3.05, 3.63) is 54.1 Å². The summed E-state index contributed by atoms with van der Waals surface area (Å²) in [6, 6.07) is 14.4. The van der Waals surface area contributed by atoms with Crippen LogP contribution >= 0.6 is 0 Å². The first-order valence-electron chi connectivity index (χ1n) is 8.34. The van der Waals surface area contributed by atoms with E-state index in [0.717, 1.165) is 11.5 Å². The number of hydrogen-bond acceptors (Lipinski definition) is 4. The number of carbonyl (C=O) groups is 1. The van der Waals surface area contributed by atoms with Crippen LogP contribution < -0.4 is 14.8 Å². The molecule has 0 saturated carbocycles. The van der Waals surface area contributed by atoms with Crippen molar-refractivity contribution >= 4 is 11.6 Å². The van der Waals surface area contributed by atoms with Crippen molar-refractivity contribution in [3.63, 3.8) is 0 Å². The molecule has 2 aromatic rings. The maximum atomic E-state index is 12.3. The van der Waals surface area contributed by atoms with Gasteiger partial charge in [-0.2, -0.15) is 0 Å². The van der Waals surface area contributed by atoms with Gasteiger partial charge in [0.05, 0.1) is 13.2 Å². The maximum absolute atomic E-state index is 12.3. The zero-order chi connectivity index (χ0) is 18.1. The third kappa shape index (κ3) is 6.47. The molecule has 0 spiro atoms. The Morgan fingerprint density at radius 1 is 0.920 bits per heavy atom. The van der Waals surface area contributed by atoms with Gasteiger partial charge in [-0.1, -0.05) is 13.8 Å². The van der Waals surface area contributed by atoms with Gasteiger partial charge in [0.15, 0.2) is 0 Å². The van der Waals surface area contributed by atoms with Crippen LogP contribution in [0.3, 0.4) is 0 Å². The summed E-state index contributed by atoms with van der Waals surface area (Å²) in [6.07, 6.45) is 0. The van der Waals surface area contributed by atoms with Crippen molar-refractivity contribution in [2.45, 2.75) is 13.8 Å². The molecule has 1 N–H and O–H groups in total. The van der Waals surface area contributed by atoms with Crippen LogP contribution in [0.1, 0.15) is 24.2 Å². The van der Waals surface area contributed by atoms with Gasteiger partial charge in [-0.15, -0.1) is 0 Å². The third-order valence-electron chi connectivity index (χ3n) is 3.37. The number of ether oxygens (including phenoxy) is 3. The lowest BCUT2D eigenvalue weighted by atomic mass is 10.2. The van der Waals surface area contributed by atoms with Crippen LogP contribution in [0.5, 0.6) is 11.5 Å². The second-order valence-corrected chi connectivity index (χ2v) is 6.05. The van der Waals surface area contributed by atoms with E-state index in [1.807, 2.05) is 24.3 Å². The maximum Gasteiger partial charge on any atom is 0.255 e. The fourth-order valence-corrected chi connectivity index (χ4v) is 2.05. The van der Waals surface area contributed by atoms with E-state index in [9.17, 15) is 4.79 Å². The molecule has 0 atom stereocenters. The van der Waals surface area contributed by atoms with E-state index < -0.39 is 0 Å². The largest absolute Gasteiger partial charge is 0.493 e. The van der Waals surface area contributed by atoms with Crippen LogP contribution in [-0.4, -0.2) is 32.8 Å². The van der Waals surface area contributed by atoms with Gasteiger partial charge in [-0.05, 0) is 54.4 Å². The molecule has 0 aliphatic heterocycles. The molecule has 0 bridgehead atoms. The zero-order valence-electron chi connectivity index (χ0n) is 15.0. The number of carbonyl (C=O) groups excluding carboxylic acids is 1. The van der Waals surface area contributed by atoms with Gasteiger partial charge in [0, 0.05) is 18.4 Å². The Bertz CT molecular complexity index is 650. The van der Waals surface area contributed by atoms with E-state index >= 15 is 0 Å². The van der Waals surface area contributed by atoms with Crippen LogP contribution in [0.15, 0.2) is 48.5 Å². The topological polar surface area (TPSA) is 56.8 Å². The van der Waals surface area contributed by atoms with Gasteiger partial charge in [-0.25, -0.2) is 0 Å². The molecular weight excluding hydrogens is 318 g/mol. The number of hydrogen-bond donors (Lipinski definition) is 1. The van der Waals surface area contributed by atoms with E-state index in [1.165, 1.54) is 0 Å². The summed E-state index contributed by atoms with van der Waals surface area (Å²) in [5.74, 6) is 1.80. The van der Waals surface area contributed by atoms with Gasteiger partial charge in [0.2, 0.25) is 0 Å². The number of rotatable bonds is 9. The highest BCUT2D eigenvalue weighted by Gasteiger charge is 2.07. The third-order valence-corrected chi connectivity index (χ3v) is 3.37. The quantitative estimate of drug-likeness (QED) is 0.699. The fraction of sp³-hybridized carbons (Fsp3) is 0.350. The first kappa shape index (κ1) is 18.8. The summed E-state index contributed by atoms with van der Waals surface area (Å²) >= 11 is 0. The minimum Gasteiger partial charge on any atom is -0.493 e. The molecule has 0 unspecified atom stereocenters. The molecular formula is C20H25NO4. The standard InChI is InChI=1S/C20H25NO4/c1-15(2)14-25-19-8-4-16(5-9-19)20(22)21-17-6-10-18(11-7-17)24-13-12-23-3/h4-11,15H,12-14H2,1-3H3,(H,21,22). The SMILES string of the molecule is COCCOc1ccc(NC(=O)c2ccc(OCC(C)C)cc2)cc1. The molecule has 5 nitrogen and oxygen atoms in total. The highest BCUT2D eigenvalue weighted by molar-refractivity contribution is 6.04. The van der Waals surface area contributed by atoms with Gasteiger partial charge in [0.25, 0.3) is 5.91 Å². The molecule has 0 aliphatic rings. The van der Waals surface area contributed by atoms with Crippen molar-refractivity contribution in [2.24, 2.45) is 5.92 Å². The van der Waals surface area contributed by atoms with Crippen LogP contribution in [0.2, 0.25) is 0 Å². The Kier molecular flexibility index (Phi) is 7.29. The highest BCUT2D eigenvalue weighted by Crippen LogP contribution is 2.18. The first-order valence-corrected chi connectivity index (χ1v) is 8.34. The molecule has 25 heavy (non-hydrogen) atoms. The Morgan fingerprint density at radius 3 is 2.12 bits per heavy atom. The van der Waals surface area contributed by atoms with Crippen LogP contribution in [0, 0.1) is 5.92 Å². The molecule has 134 valence electrons. The van der Waals surface area contributed by atoms with Crippen molar-refractivity contribution in [2.75, 3.05) is 32.2 Å². The fourth-order valence-electron chi connectivity index (χ4n) is 2.05. The molecule has 0 radical (unpaired) electrons. The summed E-state index contributed by atoms with van der Waals surface area (Å²) < 4.78 is 16.0. The lowest BCUT2D eigenvalue weighted by Crippen LogP contribution is -2.12. The summed E-state index contributed by atoms with van der Waals surface area (Å²) in [4.78, 5) is 12.3. The summed E-state index contributed by atoms with van der Waals surface area (Å²) in [7, 11) is 1.63. The van der Waals surface area contributed by atoms with Crippen molar-refractivity contribution in [1.82, 2.24) is 0 Å². The molecule has 0 aromatic heterocycles. The first-order chi connectivity index (χ1) is 12.1. The minimum atomic E-state index is -0.163. The van der Waals surface area contributed by atoms with Gasteiger partial charge in [-0.3, -0.25) is 4.79 Å². The van der Waals surface area contributed by atoms with Gasteiger partial charge < -0.3 is 19.5 Å². The lowest BCUT2D eigenvalue weighted by Gasteiger charge is -2.10. The molecule has 0 fully saturated rings. The second-order valence-electron chi connectivity index (χ2n) is 6.05. The Labute approximate surface area is 148 Å². The molecule has 1 amide bonds. The van der Waals surface area contributed by atoms with Crippen LogP contribution in [-0.2, 0) is 4.74 Å².